The Bertz CT molecular complexity index is 961. The van der Waals surface area contributed by atoms with Crippen molar-refractivity contribution in [1.82, 2.24) is 14.5 Å². The van der Waals surface area contributed by atoms with Crippen LogP contribution in [0.1, 0.15) is 18.5 Å². The standard InChI is InChI=1S/C20H23ClFN3O3S/c1-15(16-5-7-17(21)8-6-16)23-20(26)14-24-9-11-25(12-10-24)29(27,28)19-4-2-3-18(22)13-19/h2-8,13,15H,9-12,14H2,1H3,(H,23,26). The van der Waals surface area contributed by atoms with Crippen LogP contribution in [0, 0.1) is 5.82 Å². The van der Waals surface area contributed by atoms with Gasteiger partial charge in [-0.25, -0.2) is 12.8 Å². The summed E-state index contributed by atoms with van der Waals surface area (Å²) in [6.45, 7) is 3.43. The molecule has 2 aromatic carbocycles. The third kappa shape index (κ3) is 5.54. The fourth-order valence-electron chi connectivity index (χ4n) is 3.23. The van der Waals surface area contributed by atoms with Gasteiger partial charge in [0.2, 0.25) is 15.9 Å². The van der Waals surface area contributed by atoms with Crippen LogP contribution in [-0.2, 0) is 14.8 Å². The zero-order valence-corrected chi connectivity index (χ0v) is 17.6. The highest BCUT2D eigenvalue weighted by atomic mass is 35.5. The SMILES string of the molecule is CC(NC(=O)CN1CCN(S(=O)(=O)c2cccc(F)c2)CC1)c1ccc(Cl)cc1. The first-order valence-corrected chi connectivity index (χ1v) is 11.1. The van der Waals surface area contributed by atoms with E-state index in [9.17, 15) is 17.6 Å². The van der Waals surface area contributed by atoms with Crippen LogP contribution < -0.4 is 5.32 Å². The molecule has 1 aliphatic rings. The maximum atomic E-state index is 13.4. The number of carbonyl (C=O) groups is 1. The number of rotatable bonds is 6. The number of nitrogens with zero attached hydrogens (tertiary/aromatic N) is 2. The molecule has 29 heavy (non-hydrogen) atoms. The van der Waals surface area contributed by atoms with Gasteiger partial charge in [0.1, 0.15) is 5.82 Å². The summed E-state index contributed by atoms with van der Waals surface area (Å²) in [7, 11) is -3.74. The van der Waals surface area contributed by atoms with Gasteiger partial charge in [0.25, 0.3) is 0 Å². The second kappa shape index (κ2) is 9.21. The normalized spacial score (nSPS) is 17.1. The number of piperazine rings is 1. The Balaban J connectivity index is 1.51. The molecule has 9 heteroatoms. The van der Waals surface area contributed by atoms with E-state index in [1.54, 1.807) is 12.1 Å². The van der Waals surface area contributed by atoms with Gasteiger partial charge in [0.05, 0.1) is 17.5 Å². The zero-order chi connectivity index (χ0) is 21.0. The molecular formula is C20H23ClFN3O3S. The number of carbonyl (C=O) groups excluding carboxylic acids is 1. The summed E-state index contributed by atoms with van der Waals surface area (Å²) in [5, 5.41) is 3.58. The zero-order valence-electron chi connectivity index (χ0n) is 16.0. The van der Waals surface area contributed by atoms with Gasteiger partial charge in [-0.3, -0.25) is 9.69 Å². The van der Waals surface area contributed by atoms with Gasteiger partial charge in [0.15, 0.2) is 0 Å². The minimum absolute atomic E-state index is 0.0551. The monoisotopic (exact) mass is 439 g/mol. The summed E-state index contributed by atoms with van der Waals surface area (Å²) in [4.78, 5) is 14.2. The van der Waals surface area contributed by atoms with Crippen molar-refractivity contribution in [3.8, 4) is 0 Å². The molecule has 1 unspecified atom stereocenters. The van der Waals surface area contributed by atoms with Gasteiger partial charge in [-0.1, -0.05) is 29.8 Å². The van der Waals surface area contributed by atoms with Crippen molar-refractivity contribution in [2.75, 3.05) is 32.7 Å². The Labute approximate surface area is 175 Å². The van der Waals surface area contributed by atoms with Crippen molar-refractivity contribution in [1.29, 1.82) is 0 Å². The van der Waals surface area contributed by atoms with Crippen molar-refractivity contribution in [2.45, 2.75) is 17.9 Å². The molecule has 156 valence electrons. The highest BCUT2D eigenvalue weighted by molar-refractivity contribution is 7.89. The van der Waals surface area contributed by atoms with Gasteiger partial charge in [0, 0.05) is 31.2 Å². The molecule has 0 aliphatic carbocycles. The van der Waals surface area contributed by atoms with Gasteiger partial charge in [-0.05, 0) is 42.8 Å². The van der Waals surface area contributed by atoms with E-state index in [1.807, 2.05) is 24.0 Å². The molecule has 0 bridgehead atoms. The summed E-state index contributed by atoms with van der Waals surface area (Å²) in [6, 6.07) is 12.1. The summed E-state index contributed by atoms with van der Waals surface area (Å²) < 4.78 is 40.0. The minimum atomic E-state index is -3.74. The molecule has 2 aromatic rings. The summed E-state index contributed by atoms with van der Waals surface area (Å²) in [5.74, 6) is -0.718. The number of amides is 1. The summed E-state index contributed by atoms with van der Waals surface area (Å²) in [5.41, 5.74) is 0.953. The topological polar surface area (TPSA) is 69.7 Å². The lowest BCUT2D eigenvalue weighted by Gasteiger charge is -2.33. The predicted octanol–water partition coefficient (Wildman–Crippen LogP) is 2.66. The Hall–Kier alpha value is -2.00. The first-order valence-electron chi connectivity index (χ1n) is 9.28. The third-order valence-corrected chi connectivity index (χ3v) is 7.03. The van der Waals surface area contributed by atoms with Crippen LogP contribution in [0.2, 0.25) is 5.02 Å². The van der Waals surface area contributed by atoms with E-state index in [1.165, 1.54) is 22.5 Å². The lowest BCUT2D eigenvalue weighted by molar-refractivity contribution is -0.123. The van der Waals surface area contributed by atoms with Crippen LogP contribution in [0.25, 0.3) is 0 Å². The molecule has 0 aromatic heterocycles. The second-order valence-corrected chi connectivity index (χ2v) is 9.35. The van der Waals surface area contributed by atoms with Crippen LogP contribution in [-0.4, -0.2) is 56.3 Å². The number of hydrogen-bond donors (Lipinski definition) is 1. The van der Waals surface area contributed by atoms with Crippen LogP contribution in [0.3, 0.4) is 0 Å². The van der Waals surface area contributed by atoms with Gasteiger partial charge in [-0.2, -0.15) is 4.31 Å². The molecule has 3 rings (SSSR count). The van der Waals surface area contributed by atoms with Crippen LogP contribution in [0.15, 0.2) is 53.4 Å². The fraction of sp³-hybridized carbons (Fsp3) is 0.350. The highest BCUT2D eigenvalue weighted by Gasteiger charge is 2.29. The van der Waals surface area contributed by atoms with Crippen molar-refractivity contribution < 1.29 is 17.6 Å². The average molecular weight is 440 g/mol. The van der Waals surface area contributed by atoms with Crippen molar-refractivity contribution in [3.05, 3.63) is 64.9 Å². The van der Waals surface area contributed by atoms with E-state index in [-0.39, 0.29) is 36.5 Å². The maximum absolute atomic E-state index is 13.4. The number of nitrogens with one attached hydrogen (secondary N) is 1. The van der Waals surface area contributed by atoms with E-state index in [0.29, 0.717) is 18.1 Å². The molecular weight excluding hydrogens is 417 g/mol. The summed E-state index contributed by atoms with van der Waals surface area (Å²) in [6.07, 6.45) is 0. The lowest BCUT2D eigenvalue weighted by atomic mass is 10.1. The molecule has 1 amide bonds. The van der Waals surface area contributed by atoms with Crippen molar-refractivity contribution in [2.24, 2.45) is 0 Å². The molecule has 1 heterocycles. The minimum Gasteiger partial charge on any atom is -0.348 e. The number of benzene rings is 2. The first-order chi connectivity index (χ1) is 13.8. The van der Waals surface area contributed by atoms with Crippen LogP contribution >= 0.6 is 11.6 Å². The number of halogens is 2. The quantitative estimate of drug-likeness (QED) is 0.751. The Morgan fingerprint density at radius 1 is 1.14 bits per heavy atom. The van der Waals surface area contributed by atoms with Crippen molar-refractivity contribution in [3.63, 3.8) is 0 Å². The maximum Gasteiger partial charge on any atom is 0.243 e. The van der Waals surface area contributed by atoms with E-state index in [0.717, 1.165) is 11.6 Å². The smallest absolute Gasteiger partial charge is 0.243 e. The van der Waals surface area contributed by atoms with E-state index < -0.39 is 15.8 Å². The van der Waals surface area contributed by atoms with Gasteiger partial charge >= 0.3 is 0 Å². The highest BCUT2D eigenvalue weighted by Crippen LogP contribution is 2.19. The molecule has 0 saturated carbocycles. The van der Waals surface area contributed by atoms with Gasteiger partial charge < -0.3 is 5.32 Å². The fourth-order valence-corrected chi connectivity index (χ4v) is 4.81. The van der Waals surface area contributed by atoms with E-state index >= 15 is 0 Å². The Morgan fingerprint density at radius 3 is 2.41 bits per heavy atom. The largest absolute Gasteiger partial charge is 0.348 e. The average Bonchev–Trinajstić information content (AvgIpc) is 2.68. The number of sulfonamides is 1. The van der Waals surface area contributed by atoms with Gasteiger partial charge in [-0.15, -0.1) is 0 Å². The van der Waals surface area contributed by atoms with Crippen molar-refractivity contribution >= 4 is 27.5 Å². The molecule has 1 N–H and O–H groups in total. The van der Waals surface area contributed by atoms with Crippen LogP contribution in [0.4, 0.5) is 4.39 Å². The van der Waals surface area contributed by atoms with Crippen LogP contribution in [0.5, 0.6) is 0 Å². The third-order valence-electron chi connectivity index (χ3n) is 4.88. The predicted molar refractivity (Wildman–Crippen MR) is 110 cm³/mol. The van der Waals surface area contributed by atoms with E-state index in [4.69, 9.17) is 11.6 Å². The molecule has 0 spiro atoms. The van der Waals surface area contributed by atoms with E-state index in [2.05, 4.69) is 5.32 Å². The molecule has 1 saturated heterocycles. The lowest BCUT2D eigenvalue weighted by Crippen LogP contribution is -2.51. The first kappa shape index (κ1) is 21.7. The molecule has 1 fully saturated rings. The molecule has 0 radical (unpaired) electrons. The summed E-state index contributed by atoms with van der Waals surface area (Å²) >= 11 is 5.88. The molecule has 1 atom stereocenters. The Kier molecular flexibility index (Phi) is 6.89. The molecule has 1 aliphatic heterocycles. The number of hydrogen-bond acceptors (Lipinski definition) is 4. The Morgan fingerprint density at radius 2 is 1.79 bits per heavy atom. The second-order valence-electron chi connectivity index (χ2n) is 6.98. The molecule has 6 nitrogen and oxygen atoms in total.